The number of nitrogen functional groups attached to an aromatic ring is 1. The van der Waals surface area contributed by atoms with E-state index in [-0.39, 0.29) is 18.9 Å². The van der Waals surface area contributed by atoms with Crippen molar-refractivity contribution in [2.75, 3.05) is 17.2 Å². The number of carbonyl (C=O) groups is 1. The predicted octanol–water partition coefficient (Wildman–Crippen LogP) is 2.73. The van der Waals surface area contributed by atoms with Crippen molar-refractivity contribution < 1.29 is 22.7 Å². The van der Waals surface area contributed by atoms with Crippen LogP contribution in [0.15, 0.2) is 18.2 Å². The zero-order chi connectivity index (χ0) is 14.9. The van der Waals surface area contributed by atoms with Crippen LogP contribution in [0, 0.1) is 0 Å². The second-order valence-electron chi connectivity index (χ2n) is 4.70. The summed E-state index contributed by atoms with van der Waals surface area (Å²) in [7, 11) is 0. The standard InChI is InChI=1S/C13H15F3N2O2/c1-8-12(19)18(6-2-5-13(14,15)16)10-4-3-9(17)7-11(10)20-8/h3-4,7-8H,2,5-6,17H2,1H3. The van der Waals surface area contributed by atoms with Gasteiger partial charge in [-0.3, -0.25) is 4.79 Å². The lowest BCUT2D eigenvalue weighted by Gasteiger charge is -2.33. The number of carbonyl (C=O) groups excluding carboxylic acids is 1. The Hall–Kier alpha value is -1.92. The maximum Gasteiger partial charge on any atom is 0.389 e. The Morgan fingerprint density at radius 1 is 1.40 bits per heavy atom. The lowest BCUT2D eigenvalue weighted by Crippen LogP contribution is -2.45. The third-order valence-corrected chi connectivity index (χ3v) is 3.03. The zero-order valence-corrected chi connectivity index (χ0v) is 10.9. The molecule has 1 heterocycles. The third-order valence-electron chi connectivity index (χ3n) is 3.03. The minimum absolute atomic E-state index is 0.00294. The molecule has 20 heavy (non-hydrogen) atoms. The highest BCUT2D eigenvalue weighted by Crippen LogP contribution is 2.36. The molecule has 0 fully saturated rings. The number of benzene rings is 1. The lowest BCUT2D eigenvalue weighted by atomic mass is 10.1. The number of ether oxygens (including phenoxy) is 1. The van der Waals surface area contributed by atoms with Gasteiger partial charge >= 0.3 is 6.18 Å². The van der Waals surface area contributed by atoms with Crippen molar-refractivity contribution in [3.05, 3.63) is 18.2 Å². The fourth-order valence-electron chi connectivity index (χ4n) is 2.10. The maximum atomic E-state index is 12.2. The van der Waals surface area contributed by atoms with Gasteiger partial charge in [0.1, 0.15) is 5.75 Å². The molecule has 2 N–H and O–H groups in total. The van der Waals surface area contributed by atoms with Gasteiger partial charge in [0, 0.05) is 24.7 Å². The van der Waals surface area contributed by atoms with Gasteiger partial charge in [0.05, 0.1) is 5.69 Å². The molecule has 0 bridgehead atoms. The molecule has 1 unspecified atom stereocenters. The summed E-state index contributed by atoms with van der Waals surface area (Å²) in [6.07, 6.45) is -6.01. The molecule has 1 aromatic carbocycles. The van der Waals surface area contributed by atoms with Crippen molar-refractivity contribution in [3.8, 4) is 5.75 Å². The number of nitrogens with two attached hydrogens (primary N) is 1. The van der Waals surface area contributed by atoms with Gasteiger partial charge in [0.2, 0.25) is 0 Å². The number of alkyl halides is 3. The van der Waals surface area contributed by atoms with E-state index in [1.165, 1.54) is 4.90 Å². The Morgan fingerprint density at radius 3 is 2.75 bits per heavy atom. The molecule has 0 radical (unpaired) electrons. The van der Waals surface area contributed by atoms with E-state index in [9.17, 15) is 18.0 Å². The van der Waals surface area contributed by atoms with Crippen LogP contribution in [0.1, 0.15) is 19.8 Å². The van der Waals surface area contributed by atoms with Crippen LogP contribution in [0.3, 0.4) is 0 Å². The van der Waals surface area contributed by atoms with Crippen LogP contribution in [0.4, 0.5) is 24.5 Å². The highest BCUT2D eigenvalue weighted by Gasteiger charge is 2.33. The van der Waals surface area contributed by atoms with Crippen molar-refractivity contribution in [2.45, 2.75) is 32.0 Å². The van der Waals surface area contributed by atoms with Crippen LogP contribution < -0.4 is 15.4 Å². The predicted molar refractivity (Wildman–Crippen MR) is 68.6 cm³/mol. The van der Waals surface area contributed by atoms with Crippen molar-refractivity contribution in [2.24, 2.45) is 0 Å². The normalized spacial score (nSPS) is 18.7. The molecular formula is C13H15F3N2O2. The number of anilines is 2. The van der Waals surface area contributed by atoms with Gasteiger partial charge in [-0.15, -0.1) is 0 Å². The smallest absolute Gasteiger partial charge is 0.389 e. The molecule has 1 atom stereocenters. The van der Waals surface area contributed by atoms with Gasteiger partial charge in [-0.2, -0.15) is 13.2 Å². The van der Waals surface area contributed by atoms with E-state index in [1.54, 1.807) is 25.1 Å². The van der Waals surface area contributed by atoms with E-state index in [0.717, 1.165) is 0 Å². The van der Waals surface area contributed by atoms with Crippen molar-refractivity contribution in [3.63, 3.8) is 0 Å². The van der Waals surface area contributed by atoms with Gasteiger partial charge < -0.3 is 15.4 Å². The number of fused-ring (bicyclic) bond motifs is 1. The average molecular weight is 288 g/mol. The van der Waals surface area contributed by atoms with Crippen LogP contribution in [0.25, 0.3) is 0 Å². The number of hydrogen-bond donors (Lipinski definition) is 1. The summed E-state index contributed by atoms with van der Waals surface area (Å²) in [5.74, 6) is 0.0774. The minimum Gasteiger partial charge on any atom is -0.479 e. The van der Waals surface area contributed by atoms with Crippen molar-refractivity contribution >= 4 is 17.3 Å². The summed E-state index contributed by atoms with van der Waals surface area (Å²) < 4.78 is 42.0. The molecule has 0 spiro atoms. The summed E-state index contributed by atoms with van der Waals surface area (Å²) in [5, 5.41) is 0. The van der Waals surface area contributed by atoms with Crippen molar-refractivity contribution in [1.29, 1.82) is 0 Å². The highest BCUT2D eigenvalue weighted by molar-refractivity contribution is 6.00. The number of halogens is 3. The first kappa shape index (κ1) is 14.5. The fraction of sp³-hybridized carbons (Fsp3) is 0.462. The molecule has 0 aliphatic carbocycles. The van der Waals surface area contributed by atoms with Crippen molar-refractivity contribution in [1.82, 2.24) is 0 Å². The molecule has 1 aliphatic rings. The van der Waals surface area contributed by atoms with Crippen LogP contribution in [0.2, 0.25) is 0 Å². The Balaban J connectivity index is 2.17. The first-order valence-corrected chi connectivity index (χ1v) is 6.22. The Morgan fingerprint density at radius 2 is 2.10 bits per heavy atom. The topological polar surface area (TPSA) is 55.6 Å². The Labute approximate surface area is 114 Å². The summed E-state index contributed by atoms with van der Waals surface area (Å²) in [5.41, 5.74) is 6.57. The quantitative estimate of drug-likeness (QED) is 0.870. The highest BCUT2D eigenvalue weighted by atomic mass is 19.4. The molecule has 1 aliphatic heterocycles. The second kappa shape index (κ2) is 5.22. The number of nitrogens with zero attached hydrogens (tertiary/aromatic N) is 1. The largest absolute Gasteiger partial charge is 0.479 e. The Kier molecular flexibility index (Phi) is 3.78. The summed E-state index contributed by atoms with van der Waals surface area (Å²) in [6.45, 7) is 1.56. The molecule has 1 aromatic rings. The van der Waals surface area contributed by atoms with E-state index in [1.807, 2.05) is 0 Å². The lowest BCUT2D eigenvalue weighted by molar-refractivity contribution is -0.136. The Bertz CT molecular complexity index is 517. The molecule has 0 aromatic heterocycles. The fourth-order valence-corrected chi connectivity index (χ4v) is 2.10. The van der Waals surface area contributed by atoms with Gasteiger partial charge in [0.25, 0.3) is 5.91 Å². The number of hydrogen-bond acceptors (Lipinski definition) is 3. The second-order valence-corrected chi connectivity index (χ2v) is 4.70. The summed E-state index contributed by atoms with van der Waals surface area (Å²) in [6, 6.07) is 4.74. The molecule has 0 saturated carbocycles. The van der Waals surface area contributed by atoms with Crippen LogP contribution in [0.5, 0.6) is 5.75 Å². The molecule has 110 valence electrons. The maximum absolute atomic E-state index is 12.2. The summed E-state index contributed by atoms with van der Waals surface area (Å²) >= 11 is 0. The van der Waals surface area contributed by atoms with Crippen LogP contribution >= 0.6 is 0 Å². The van der Waals surface area contributed by atoms with E-state index in [2.05, 4.69) is 0 Å². The molecular weight excluding hydrogens is 273 g/mol. The van der Waals surface area contributed by atoms with E-state index < -0.39 is 18.7 Å². The first-order valence-electron chi connectivity index (χ1n) is 6.22. The van der Waals surface area contributed by atoms with E-state index in [0.29, 0.717) is 17.1 Å². The molecule has 0 saturated heterocycles. The van der Waals surface area contributed by atoms with Crippen LogP contribution in [-0.2, 0) is 4.79 Å². The molecule has 7 heteroatoms. The van der Waals surface area contributed by atoms with Gasteiger partial charge in [-0.05, 0) is 25.5 Å². The third kappa shape index (κ3) is 3.15. The summed E-state index contributed by atoms with van der Waals surface area (Å²) in [4.78, 5) is 13.3. The van der Waals surface area contributed by atoms with Crippen LogP contribution in [-0.4, -0.2) is 24.7 Å². The van der Waals surface area contributed by atoms with Gasteiger partial charge in [-0.25, -0.2) is 0 Å². The first-order chi connectivity index (χ1) is 9.28. The monoisotopic (exact) mass is 288 g/mol. The van der Waals surface area contributed by atoms with Gasteiger partial charge in [0.15, 0.2) is 6.10 Å². The number of rotatable bonds is 3. The van der Waals surface area contributed by atoms with Gasteiger partial charge in [-0.1, -0.05) is 0 Å². The SMILES string of the molecule is CC1Oc2cc(N)ccc2N(CCCC(F)(F)F)C1=O. The minimum atomic E-state index is -4.22. The average Bonchev–Trinajstić information content (AvgIpc) is 2.32. The number of amides is 1. The molecule has 4 nitrogen and oxygen atoms in total. The van der Waals surface area contributed by atoms with E-state index in [4.69, 9.17) is 10.5 Å². The molecule has 2 rings (SSSR count). The van der Waals surface area contributed by atoms with E-state index >= 15 is 0 Å². The molecule has 1 amide bonds. The zero-order valence-electron chi connectivity index (χ0n) is 10.9.